The van der Waals surface area contributed by atoms with E-state index in [4.69, 9.17) is 17.3 Å². The van der Waals surface area contributed by atoms with Crippen molar-refractivity contribution < 1.29 is 8.42 Å². The van der Waals surface area contributed by atoms with Crippen molar-refractivity contribution in [2.75, 3.05) is 10.5 Å². The monoisotopic (exact) mass is 314 g/mol. The van der Waals surface area contributed by atoms with E-state index in [1.165, 1.54) is 10.9 Å². The predicted octanol–water partition coefficient (Wildman–Crippen LogP) is 2.25. The molecule has 2 aromatic rings. The number of aromatic nitrogens is 2. The van der Waals surface area contributed by atoms with Crippen molar-refractivity contribution in [3.8, 4) is 0 Å². The lowest BCUT2D eigenvalue weighted by Crippen LogP contribution is -2.14. The van der Waals surface area contributed by atoms with Crippen molar-refractivity contribution >= 4 is 33.1 Å². The number of anilines is 2. The third kappa shape index (κ3) is 2.88. The van der Waals surface area contributed by atoms with Gasteiger partial charge in [-0.2, -0.15) is 5.10 Å². The number of aryl methyl sites for hydroxylation is 2. The largest absolute Gasteiger partial charge is 0.381 e. The fraction of sp³-hybridized carbons (Fsp3) is 0.250. The maximum absolute atomic E-state index is 12.3. The minimum atomic E-state index is -3.82. The second-order valence-electron chi connectivity index (χ2n) is 4.32. The normalized spacial score (nSPS) is 11.6. The van der Waals surface area contributed by atoms with Gasteiger partial charge < -0.3 is 5.73 Å². The molecule has 0 aliphatic rings. The Bertz CT molecular complexity index is 740. The van der Waals surface area contributed by atoms with Crippen molar-refractivity contribution in [3.05, 3.63) is 35.0 Å². The Kier molecular flexibility index (Phi) is 3.92. The van der Waals surface area contributed by atoms with E-state index >= 15 is 0 Å². The first kappa shape index (κ1) is 14.7. The summed E-state index contributed by atoms with van der Waals surface area (Å²) in [6.07, 6.45) is 1.39. The van der Waals surface area contributed by atoms with Crippen LogP contribution in [0.25, 0.3) is 0 Å². The minimum absolute atomic E-state index is 0.0388. The SMILES string of the molecule is CCn1cc(S(=O)(=O)Nc2cc(C)ccc2Cl)c(N)n1. The smallest absolute Gasteiger partial charge is 0.267 e. The van der Waals surface area contributed by atoms with Gasteiger partial charge in [0.1, 0.15) is 4.90 Å². The van der Waals surface area contributed by atoms with Gasteiger partial charge in [-0.05, 0) is 31.5 Å². The van der Waals surface area contributed by atoms with Crippen LogP contribution in [0.4, 0.5) is 11.5 Å². The lowest BCUT2D eigenvalue weighted by molar-refractivity contribution is 0.600. The van der Waals surface area contributed by atoms with E-state index in [0.29, 0.717) is 17.3 Å². The maximum atomic E-state index is 12.3. The zero-order valence-corrected chi connectivity index (χ0v) is 12.7. The third-order valence-electron chi connectivity index (χ3n) is 2.73. The minimum Gasteiger partial charge on any atom is -0.381 e. The number of sulfonamides is 1. The molecule has 108 valence electrons. The molecule has 6 nitrogen and oxygen atoms in total. The van der Waals surface area contributed by atoms with Crippen molar-refractivity contribution in [1.29, 1.82) is 0 Å². The molecule has 0 radical (unpaired) electrons. The number of hydrogen-bond donors (Lipinski definition) is 2. The Balaban J connectivity index is 2.40. The highest BCUT2D eigenvalue weighted by molar-refractivity contribution is 7.92. The molecule has 0 amide bonds. The van der Waals surface area contributed by atoms with Gasteiger partial charge in [-0.1, -0.05) is 17.7 Å². The van der Waals surface area contributed by atoms with Gasteiger partial charge in [0.15, 0.2) is 5.82 Å². The molecule has 8 heteroatoms. The fourth-order valence-electron chi connectivity index (χ4n) is 1.70. The van der Waals surface area contributed by atoms with E-state index in [1.54, 1.807) is 18.2 Å². The molecule has 0 aliphatic carbocycles. The van der Waals surface area contributed by atoms with Crippen LogP contribution < -0.4 is 10.5 Å². The number of nitrogens with one attached hydrogen (secondary N) is 1. The van der Waals surface area contributed by atoms with Gasteiger partial charge in [0, 0.05) is 12.7 Å². The molecule has 1 aromatic heterocycles. The van der Waals surface area contributed by atoms with Gasteiger partial charge in [-0.15, -0.1) is 0 Å². The van der Waals surface area contributed by atoms with Gasteiger partial charge in [0.05, 0.1) is 10.7 Å². The standard InChI is InChI=1S/C12H15ClN4O2S/c1-3-17-7-11(12(14)15-17)20(18,19)16-10-6-8(2)4-5-9(10)13/h4-7,16H,3H2,1-2H3,(H2,14,15). The number of nitrogens with zero attached hydrogens (tertiary/aromatic N) is 2. The Labute approximate surface area is 122 Å². The summed E-state index contributed by atoms with van der Waals surface area (Å²) < 4.78 is 28.5. The number of nitrogens with two attached hydrogens (primary N) is 1. The molecule has 0 aliphatic heterocycles. The topological polar surface area (TPSA) is 90.0 Å². The third-order valence-corrected chi connectivity index (χ3v) is 4.45. The van der Waals surface area contributed by atoms with Crippen molar-refractivity contribution in [3.63, 3.8) is 0 Å². The zero-order valence-electron chi connectivity index (χ0n) is 11.1. The summed E-state index contributed by atoms with van der Waals surface area (Å²) in [7, 11) is -3.82. The Hall–Kier alpha value is -1.73. The van der Waals surface area contributed by atoms with E-state index < -0.39 is 10.0 Å². The van der Waals surface area contributed by atoms with Crippen LogP contribution in [-0.2, 0) is 16.6 Å². The van der Waals surface area contributed by atoms with Gasteiger partial charge in [-0.25, -0.2) is 8.42 Å². The molecule has 20 heavy (non-hydrogen) atoms. The quantitative estimate of drug-likeness (QED) is 0.905. The van der Waals surface area contributed by atoms with Crippen LogP contribution in [0.2, 0.25) is 5.02 Å². The summed E-state index contributed by atoms with van der Waals surface area (Å²) in [5.41, 5.74) is 6.85. The molecule has 0 bridgehead atoms. The number of hydrogen-bond acceptors (Lipinski definition) is 4. The molecule has 0 spiro atoms. The molecule has 0 fully saturated rings. The van der Waals surface area contributed by atoms with Crippen molar-refractivity contribution in [2.24, 2.45) is 0 Å². The first-order valence-corrected chi connectivity index (χ1v) is 7.81. The molecular weight excluding hydrogens is 300 g/mol. The summed E-state index contributed by atoms with van der Waals surface area (Å²) in [6.45, 7) is 4.22. The van der Waals surface area contributed by atoms with E-state index in [-0.39, 0.29) is 10.7 Å². The first-order chi connectivity index (χ1) is 9.33. The lowest BCUT2D eigenvalue weighted by Gasteiger charge is -2.09. The van der Waals surface area contributed by atoms with E-state index in [0.717, 1.165) is 5.56 Å². The number of nitrogen functional groups attached to an aromatic ring is 1. The highest BCUT2D eigenvalue weighted by atomic mass is 35.5. The average molecular weight is 315 g/mol. The number of halogens is 1. The van der Waals surface area contributed by atoms with Gasteiger partial charge in [-0.3, -0.25) is 9.40 Å². The predicted molar refractivity (Wildman–Crippen MR) is 79.3 cm³/mol. The van der Waals surface area contributed by atoms with Crippen LogP contribution >= 0.6 is 11.6 Å². The second-order valence-corrected chi connectivity index (χ2v) is 6.38. The van der Waals surface area contributed by atoms with Crippen molar-refractivity contribution in [2.45, 2.75) is 25.3 Å². The summed E-state index contributed by atoms with van der Waals surface area (Å²) >= 11 is 5.98. The summed E-state index contributed by atoms with van der Waals surface area (Å²) in [4.78, 5) is -0.0584. The zero-order chi connectivity index (χ0) is 14.9. The van der Waals surface area contributed by atoms with Crippen LogP contribution in [0.3, 0.4) is 0 Å². The first-order valence-electron chi connectivity index (χ1n) is 5.95. The Morgan fingerprint density at radius 1 is 1.45 bits per heavy atom. The molecular formula is C12H15ClN4O2S. The molecule has 1 heterocycles. The molecule has 0 saturated carbocycles. The Morgan fingerprint density at radius 3 is 2.75 bits per heavy atom. The van der Waals surface area contributed by atoms with Crippen LogP contribution in [-0.4, -0.2) is 18.2 Å². The van der Waals surface area contributed by atoms with E-state index in [2.05, 4.69) is 9.82 Å². The summed E-state index contributed by atoms with van der Waals surface area (Å²) in [5.74, 6) is -0.0388. The Morgan fingerprint density at radius 2 is 2.15 bits per heavy atom. The molecule has 0 atom stereocenters. The van der Waals surface area contributed by atoms with Gasteiger partial charge in [0.25, 0.3) is 10.0 Å². The van der Waals surface area contributed by atoms with E-state index in [1.807, 2.05) is 13.8 Å². The molecule has 0 unspecified atom stereocenters. The maximum Gasteiger partial charge on any atom is 0.267 e. The lowest BCUT2D eigenvalue weighted by atomic mass is 10.2. The van der Waals surface area contributed by atoms with Gasteiger partial charge in [0.2, 0.25) is 0 Å². The summed E-state index contributed by atoms with van der Waals surface area (Å²) in [6, 6.07) is 5.08. The van der Waals surface area contributed by atoms with Crippen LogP contribution in [0.15, 0.2) is 29.3 Å². The molecule has 1 aromatic carbocycles. The van der Waals surface area contributed by atoms with Crippen LogP contribution in [0.1, 0.15) is 12.5 Å². The second kappa shape index (κ2) is 5.34. The average Bonchev–Trinajstić information content (AvgIpc) is 2.76. The highest BCUT2D eigenvalue weighted by Crippen LogP contribution is 2.27. The number of rotatable bonds is 4. The van der Waals surface area contributed by atoms with E-state index in [9.17, 15) is 8.42 Å². The van der Waals surface area contributed by atoms with Crippen molar-refractivity contribution in [1.82, 2.24) is 9.78 Å². The van der Waals surface area contributed by atoms with Crippen LogP contribution in [0.5, 0.6) is 0 Å². The van der Waals surface area contributed by atoms with Crippen LogP contribution in [0, 0.1) is 6.92 Å². The molecule has 3 N–H and O–H groups in total. The molecule has 2 rings (SSSR count). The number of benzene rings is 1. The highest BCUT2D eigenvalue weighted by Gasteiger charge is 2.22. The van der Waals surface area contributed by atoms with Gasteiger partial charge >= 0.3 is 0 Å². The summed E-state index contributed by atoms with van der Waals surface area (Å²) in [5, 5.41) is 4.24. The molecule has 0 saturated heterocycles. The fourth-order valence-corrected chi connectivity index (χ4v) is 3.07.